The van der Waals surface area contributed by atoms with E-state index in [0.717, 1.165) is 6.42 Å². The lowest BCUT2D eigenvalue weighted by molar-refractivity contribution is -0.385. The zero-order chi connectivity index (χ0) is 17.4. The van der Waals surface area contributed by atoms with Gasteiger partial charge in [-0.1, -0.05) is 6.07 Å². The van der Waals surface area contributed by atoms with Crippen LogP contribution >= 0.6 is 12.2 Å². The number of benzene rings is 1. The topological polar surface area (TPSA) is 93.5 Å². The molecule has 7 nitrogen and oxygen atoms in total. The number of hydrogen-bond donors (Lipinski definition) is 2. The predicted octanol–water partition coefficient (Wildman–Crippen LogP) is 2.32. The summed E-state index contributed by atoms with van der Waals surface area (Å²) in [4.78, 5) is 22.5. The van der Waals surface area contributed by atoms with Gasteiger partial charge < -0.3 is 10.1 Å². The van der Waals surface area contributed by atoms with Crippen LogP contribution in [0, 0.1) is 17.0 Å². The van der Waals surface area contributed by atoms with E-state index in [4.69, 9.17) is 17.0 Å². The summed E-state index contributed by atoms with van der Waals surface area (Å²) in [6.07, 6.45) is 0.933. The highest BCUT2D eigenvalue weighted by atomic mass is 32.1. The highest BCUT2D eigenvalue weighted by Gasteiger charge is 2.18. The van der Waals surface area contributed by atoms with Crippen molar-refractivity contribution in [3.8, 4) is 0 Å². The van der Waals surface area contributed by atoms with Crippen LogP contribution in [0.4, 0.5) is 5.69 Å². The van der Waals surface area contributed by atoms with E-state index in [9.17, 15) is 14.9 Å². The first-order valence-electron chi connectivity index (χ1n) is 7.27. The molecule has 0 aromatic heterocycles. The molecule has 2 N–H and O–H groups in total. The minimum atomic E-state index is -0.516. The van der Waals surface area contributed by atoms with E-state index in [1.807, 2.05) is 13.8 Å². The smallest absolute Gasteiger partial charge is 0.273 e. The molecule has 1 aromatic rings. The molecule has 0 radical (unpaired) electrons. The molecule has 1 amide bonds. The Kier molecular flexibility index (Phi) is 7.56. The Bertz CT molecular complexity index is 590. The number of nitrogens with zero attached hydrogens (tertiary/aromatic N) is 1. The quantitative estimate of drug-likeness (QED) is 0.343. The van der Waals surface area contributed by atoms with Crippen molar-refractivity contribution in [1.29, 1.82) is 0 Å². The van der Waals surface area contributed by atoms with E-state index in [-0.39, 0.29) is 22.5 Å². The van der Waals surface area contributed by atoms with E-state index < -0.39 is 10.8 Å². The molecular weight excluding hydrogens is 318 g/mol. The van der Waals surface area contributed by atoms with Gasteiger partial charge in [0.15, 0.2) is 5.11 Å². The van der Waals surface area contributed by atoms with E-state index in [1.165, 1.54) is 25.1 Å². The van der Waals surface area contributed by atoms with E-state index in [1.54, 1.807) is 0 Å². The molecule has 0 saturated carbocycles. The third-order valence-electron chi connectivity index (χ3n) is 3.03. The molecule has 0 aliphatic rings. The Hall–Kier alpha value is -2.06. The summed E-state index contributed by atoms with van der Waals surface area (Å²) in [6, 6.07) is 4.36. The van der Waals surface area contributed by atoms with Crippen LogP contribution in [-0.4, -0.2) is 35.2 Å². The Morgan fingerprint density at radius 3 is 2.74 bits per heavy atom. The molecule has 126 valence electrons. The van der Waals surface area contributed by atoms with Crippen LogP contribution in [0.1, 0.15) is 36.2 Å². The van der Waals surface area contributed by atoms with Crippen molar-refractivity contribution in [3.05, 3.63) is 39.4 Å². The van der Waals surface area contributed by atoms with Crippen molar-refractivity contribution in [2.75, 3.05) is 13.2 Å². The molecule has 23 heavy (non-hydrogen) atoms. The fourth-order valence-corrected chi connectivity index (χ4v) is 2.07. The number of hydrogen-bond acceptors (Lipinski definition) is 5. The van der Waals surface area contributed by atoms with Crippen LogP contribution in [-0.2, 0) is 4.74 Å². The van der Waals surface area contributed by atoms with Crippen LogP contribution in [0.15, 0.2) is 18.2 Å². The summed E-state index contributed by atoms with van der Waals surface area (Å²) < 4.78 is 5.39. The van der Waals surface area contributed by atoms with E-state index in [2.05, 4.69) is 10.6 Å². The molecule has 0 bridgehead atoms. The maximum Gasteiger partial charge on any atom is 0.273 e. The predicted molar refractivity (Wildman–Crippen MR) is 91.6 cm³/mol. The Labute approximate surface area is 140 Å². The van der Waals surface area contributed by atoms with Gasteiger partial charge in [-0.05, 0) is 45.5 Å². The normalized spacial score (nSPS) is 10.4. The van der Waals surface area contributed by atoms with Gasteiger partial charge in [0.25, 0.3) is 11.6 Å². The number of nitro benzene ring substituents is 1. The largest absolute Gasteiger partial charge is 0.379 e. The van der Waals surface area contributed by atoms with Crippen LogP contribution in [0.3, 0.4) is 0 Å². The molecule has 0 atom stereocenters. The number of amides is 1. The van der Waals surface area contributed by atoms with Crippen molar-refractivity contribution in [2.45, 2.75) is 33.3 Å². The SMILES string of the molecule is Cc1c(C(=O)NC(=S)NCCCOC(C)C)cccc1[N+](=O)[O-]. The fraction of sp³-hybridized carbons (Fsp3) is 0.467. The van der Waals surface area contributed by atoms with Crippen LogP contribution in [0.2, 0.25) is 0 Å². The molecule has 0 fully saturated rings. The minimum absolute atomic E-state index is 0.0950. The average molecular weight is 339 g/mol. The number of nitrogens with one attached hydrogen (secondary N) is 2. The van der Waals surface area contributed by atoms with Gasteiger partial charge in [0.1, 0.15) is 0 Å². The van der Waals surface area contributed by atoms with Gasteiger partial charge >= 0.3 is 0 Å². The molecule has 0 aliphatic heterocycles. The molecule has 0 unspecified atom stereocenters. The van der Waals surface area contributed by atoms with Gasteiger partial charge in [-0.25, -0.2) is 0 Å². The Morgan fingerprint density at radius 2 is 2.13 bits per heavy atom. The molecule has 0 saturated heterocycles. The molecule has 0 aliphatic carbocycles. The van der Waals surface area contributed by atoms with E-state index in [0.29, 0.717) is 18.7 Å². The number of thiocarbonyl (C=S) groups is 1. The molecule has 0 spiro atoms. The first kappa shape index (κ1) is 19.0. The average Bonchev–Trinajstić information content (AvgIpc) is 2.46. The second-order valence-corrected chi connectivity index (χ2v) is 5.60. The zero-order valence-corrected chi connectivity index (χ0v) is 14.2. The van der Waals surface area contributed by atoms with Crippen molar-refractivity contribution in [1.82, 2.24) is 10.6 Å². The Morgan fingerprint density at radius 1 is 1.43 bits per heavy atom. The molecule has 1 aromatic carbocycles. The molecule has 1 rings (SSSR count). The highest BCUT2D eigenvalue weighted by molar-refractivity contribution is 7.80. The standard InChI is InChI=1S/C15H21N3O4S/c1-10(2)22-9-5-8-16-15(23)17-14(19)12-6-4-7-13(11(12)3)18(20)21/h4,6-7,10H,5,8-9H2,1-3H3,(H2,16,17,19,23). The van der Waals surface area contributed by atoms with Gasteiger partial charge in [0.2, 0.25) is 0 Å². The van der Waals surface area contributed by atoms with Gasteiger partial charge in [-0.2, -0.15) is 0 Å². The number of carbonyl (C=O) groups is 1. The monoisotopic (exact) mass is 339 g/mol. The number of rotatable bonds is 7. The maximum atomic E-state index is 12.1. The minimum Gasteiger partial charge on any atom is -0.379 e. The fourth-order valence-electron chi connectivity index (χ4n) is 1.87. The summed E-state index contributed by atoms with van der Waals surface area (Å²) in [6.45, 7) is 6.62. The lowest BCUT2D eigenvalue weighted by Gasteiger charge is -2.11. The second-order valence-electron chi connectivity index (χ2n) is 5.19. The van der Waals surface area contributed by atoms with E-state index >= 15 is 0 Å². The lowest BCUT2D eigenvalue weighted by atomic mass is 10.1. The summed E-state index contributed by atoms with van der Waals surface area (Å²) in [7, 11) is 0. The number of ether oxygens (including phenoxy) is 1. The Balaban J connectivity index is 2.51. The third kappa shape index (κ3) is 6.29. The summed E-state index contributed by atoms with van der Waals surface area (Å²) >= 11 is 5.04. The van der Waals surface area contributed by atoms with Gasteiger partial charge in [-0.3, -0.25) is 20.2 Å². The van der Waals surface area contributed by atoms with Crippen molar-refractivity contribution >= 4 is 28.9 Å². The van der Waals surface area contributed by atoms with Crippen molar-refractivity contribution < 1.29 is 14.5 Å². The number of carbonyl (C=O) groups excluding carboxylic acids is 1. The van der Waals surface area contributed by atoms with Gasteiger partial charge in [-0.15, -0.1) is 0 Å². The number of nitro groups is 1. The highest BCUT2D eigenvalue weighted by Crippen LogP contribution is 2.20. The maximum absolute atomic E-state index is 12.1. The molecular formula is C15H21N3O4S. The van der Waals surface area contributed by atoms with Crippen LogP contribution < -0.4 is 10.6 Å². The first-order valence-corrected chi connectivity index (χ1v) is 7.68. The molecule has 0 heterocycles. The van der Waals surface area contributed by atoms with Crippen molar-refractivity contribution in [3.63, 3.8) is 0 Å². The van der Waals surface area contributed by atoms with Crippen molar-refractivity contribution in [2.24, 2.45) is 0 Å². The second kappa shape index (κ2) is 9.16. The van der Waals surface area contributed by atoms with Crippen LogP contribution in [0.25, 0.3) is 0 Å². The summed E-state index contributed by atoms with van der Waals surface area (Å²) in [5.74, 6) is -0.470. The zero-order valence-electron chi connectivity index (χ0n) is 13.4. The summed E-state index contributed by atoms with van der Waals surface area (Å²) in [5.41, 5.74) is 0.442. The third-order valence-corrected chi connectivity index (χ3v) is 3.28. The lowest BCUT2D eigenvalue weighted by Crippen LogP contribution is -2.40. The summed E-state index contributed by atoms with van der Waals surface area (Å²) in [5, 5.41) is 16.5. The van der Waals surface area contributed by atoms with Gasteiger partial charge in [0.05, 0.1) is 11.0 Å². The van der Waals surface area contributed by atoms with Gasteiger partial charge in [0, 0.05) is 30.3 Å². The molecule has 8 heteroatoms. The first-order chi connectivity index (χ1) is 10.8. The van der Waals surface area contributed by atoms with Crippen LogP contribution in [0.5, 0.6) is 0 Å².